The normalized spacial score (nSPS) is 20.9. The molecule has 4 heteroatoms. The van der Waals surface area contributed by atoms with Crippen LogP contribution in [0.15, 0.2) is 12.1 Å². The van der Waals surface area contributed by atoms with Gasteiger partial charge < -0.3 is 5.32 Å². The summed E-state index contributed by atoms with van der Waals surface area (Å²) in [4.78, 5) is 13.5. The van der Waals surface area contributed by atoms with Crippen molar-refractivity contribution in [2.75, 3.05) is 13.1 Å². The molecule has 0 aromatic carbocycles. The molecule has 2 heterocycles. The molecule has 1 atom stereocenters. The number of carbonyl (C=O) groups excluding carboxylic acids is 1. The van der Waals surface area contributed by atoms with Gasteiger partial charge in [-0.25, -0.2) is 0 Å². The van der Waals surface area contributed by atoms with Crippen molar-refractivity contribution < 1.29 is 4.79 Å². The van der Waals surface area contributed by atoms with E-state index in [2.05, 4.69) is 19.2 Å². The van der Waals surface area contributed by atoms with Crippen molar-refractivity contribution in [1.29, 1.82) is 0 Å². The summed E-state index contributed by atoms with van der Waals surface area (Å²) in [5.74, 6) is 0.781. The van der Waals surface area contributed by atoms with E-state index in [-0.39, 0.29) is 5.41 Å². The Labute approximate surface area is 118 Å². The lowest BCUT2D eigenvalue weighted by atomic mass is 9.71. The third kappa shape index (κ3) is 3.14. The maximum atomic E-state index is 12.5. The highest BCUT2D eigenvalue weighted by Gasteiger charge is 2.36. The number of carbonyl (C=O) groups is 1. The molecular weight excluding hydrogens is 266 g/mol. The summed E-state index contributed by atoms with van der Waals surface area (Å²) in [5, 5.41) is 3.39. The number of Topliss-reactive ketones (excluding diaryl/α,β-unsaturated/α-hetero) is 1. The predicted molar refractivity (Wildman–Crippen MR) is 77.4 cm³/mol. The molecule has 0 aliphatic carbocycles. The van der Waals surface area contributed by atoms with Gasteiger partial charge >= 0.3 is 0 Å². The Morgan fingerprint density at radius 1 is 1.56 bits per heavy atom. The number of hydrogen-bond acceptors (Lipinski definition) is 3. The van der Waals surface area contributed by atoms with Gasteiger partial charge in [-0.05, 0) is 44.0 Å². The van der Waals surface area contributed by atoms with E-state index in [1.165, 1.54) is 17.8 Å². The predicted octanol–water partition coefficient (Wildman–Crippen LogP) is 3.54. The van der Waals surface area contributed by atoms with E-state index in [1.54, 1.807) is 0 Å². The molecule has 1 N–H and O–H groups in total. The Morgan fingerprint density at radius 3 is 2.89 bits per heavy atom. The molecule has 0 bridgehead atoms. The molecule has 0 amide bonds. The number of thiophene rings is 1. The van der Waals surface area contributed by atoms with Crippen LogP contribution in [0, 0.1) is 11.3 Å². The van der Waals surface area contributed by atoms with Gasteiger partial charge in [-0.3, -0.25) is 4.79 Å². The topological polar surface area (TPSA) is 29.1 Å². The number of piperidine rings is 1. The third-order valence-electron chi connectivity index (χ3n) is 4.00. The van der Waals surface area contributed by atoms with Gasteiger partial charge in [0.05, 0.1) is 4.34 Å². The fourth-order valence-corrected chi connectivity index (χ4v) is 3.61. The van der Waals surface area contributed by atoms with Crippen molar-refractivity contribution in [3.63, 3.8) is 0 Å². The summed E-state index contributed by atoms with van der Waals surface area (Å²) in [6.07, 6.45) is 2.84. The number of rotatable bonds is 4. The molecule has 1 aromatic heterocycles. The summed E-state index contributed by atoms with van der Waals surface area (Å²) < 4.78 is 0.759. The Kier molecular flexibility index (Phi) is 4.46. The van der Waals surface area contributed by atoms with Gasteiger partial charge in [0.2, 0.25) is 0 Å². The minimum Gasteiger partial charge on any atom is -0.316 e. The molecule has 1 saturated heterocycles. The van der Waals surface area contributed by atoms with Crippen LogP contribution in [-0.2, 0) is 11.2 Å². The number of ketones is 1. The van der Waals surface area contributed by atoms with E-state index in [0.717, 1.165) is 28.7 Å². The SMILES string of the molecule is CC(C)(C(=O)Cc1ccc(Cl)s1)C1CCCNC1. The molecule has 2 rings (SSSR count). The van der Waals surface area contributed by atoms with E-state index in [0.29, 0.717) is 18.1 Å². The number of hydrogen-bond donors (Lipinski definition) is 1. The first-order valence-corrected chi connectivity index (χ1v) is 7.68. The van der Waals surface area contributed by atoms with Crippen LogP contribution in [0.1, 0.15) is 31.6 Å². The van der Waals surface area contributed by atoms with Crippen LogP contribution in [0.25, 0.3) is 0 Å². The maximum Gasteiger partial charge on any atom is 0.143 e. The van der Waals surface area contributed by atoms with Crippen molar-refractivity contribution in [2.24, 2.45) is 11.3 Å². The molecule has 1 aromatic rings. The van der Waals surface area contributed by atoms with E-state index in [9.17, 15) is 4.79 Å². The minimum absolute atomic E-state index is 0.246. The smallest absolute Gasteiger partial charge is 0.143 e. The first kappa shape index (κ1) is 14.0. The lowest BCUT2D eigenvalue weighted by Crippen LogP contribution is -2.43. The fourth-order valence-electron chi connectivity index (χ4n) is 2.53. The van der Waals surface area contributed by atoms with Crippen molar-refractivity contribution >= 4 is 28.7 Å². The van der Waals surface area contributed by atoms with Gasteiger partial charge in [0.15, 0.2) is 0 Å². The molecular formula is C14H20ClNOS. The molecule has 0 saturated carbocycles. The highest BCUT2D eigenvalue weighted by Crippen LogP contribution is 2.34. The Bertz CT molecular complexity index is 421. The average Bonchev–Trinajstić information content (AvgIpc) is 2.76. The van der Waals surface area contributed by atoms with Gasteiger partial charge in [-0.2, -0.15) is 0 Å². The summed E-state index contributed by atoms with van der Waals surface area (Å²) in [6.45, 7) is 6.22. The second-order valence-corrected chi connectivity index (χ2v) is 7.37. The van der Waals surface area contributed by atoms with Crippen molar-refractivity contribution in [3.8, 4) is 0 Å². The zero-order valence-corrected chi connectivity index (χ0v) is 12.5. The zero-order chi connectivity index (χ0) is 13.2. The zero-order valence-electron chi connectivity index (χ0n) is 11.0. The highest BCUT2D eigenvalue weighted by molar-refractivity contribution is 7.16. The summed E-state index contributed by atoms with van der Waals surface area (Å²) >= 11 is 7.41. The van der Waals surface area contributed by atoms with Crippen LogP contribution in [0.3, 0.4) is 0 Å². The lowest BCUT2D eigenvalue weighted by molar-refractivity contribution is -0.129. The third-order valence-corrected chi connectivity index (χ3v) is 5.23. The summed E-state index contributed by atoms with van der Waals surface area (Å²) in [5.41, 5.74) is -0.246. The Balaban J connectivity index is 2.02. The van der Waals surface area contributed by atoms with Gasteiger partial charge in [-0.15, -0.1) is 11.3 Å². The van der Waals surface area contributed by atoms with Crippen LogP contribution in [0.4, 0.5) is 0 Å². The second-order valence-electron chi connectivity index (χ2n) is 5.57. The second kappa shape index (κ2) is 5.72. The van der Waals surface area contributed by atoms with Crippen LogP contribution in [0.2, 0.25) is 4.34 Å². The largest absolute Gasteiger partial charge is 0.316 e. The van der Waals surface area contributed by atoms with Crippen LogP contribution in [0.5, 0.6) is 0 Å². The fraction of sp³-hybridized carbons (Fsp3) is 0.643. The van der Waals surface area contributed by atoms with E-state index in [4.69, 9.17) is 11.6 Å². The molecule has 1 aliphatic rings. The molecule has 2 nitrogen and oxygen atoms in total. The Hall–Kier alpha value is -0.380. The molecule has 1 unspecified atom stereocenters. The lowest BCUT2D eigenvalue weighted by Gasteiger charge is -2.36. The van der Waals surface area contributed by atoms with Crippen LogP contribution < -0.4 is 5.32 Å². The molecule has 1 aliphatic heterocycles. The highest BCUT2D eigenvalue weighted by atomic mass is 35.5. The minimum atomic E-state index is -0.246. The monoisotopic (exact) mass is 285 g/mol. The van der Waals surface area contributed by atoms with Gasteiger partial charge in [0, 0.05) is 16.7 Å². The first-order chi connectivity index (χ1) is 8.50. The molecule has 100 valence electrons. The number of halogens is 1. The van der Waals surface area contributed by atoms with Crippen LogP contribution >= 0.6 is 22.9 Å². The number of nitrogens with one attached hydrogen (secondary N) is 1. The first-order valence-electron chi connectivity index (χ1n) is 6.48. The Morgan fingerprint density at radius 2 is 2.33 bits per heavy atom. The van der Waals surface area contributed by atoms with Crippen LogP contribution in [-0.4, -0.2) is 18.9 Å². The molecule has 0 spiro atoms. The quantitative estimate of drug-likeness (QED) is 0.917. The van der Waals surface area contributed by atoms with Gasteiger partial charge in [0.1, 0.15) is 5.78 Å². The van der Waals surface area contributed by atoms with E-state index in [1.807, 2.05) is 12.1 Å². The molecule has 1 fully saturated rings. The molecule has 18 heavy (non-hydrogen) atoms. The average molecular weight is 286 g/mol. The maximum absolute atomic E-state index is 12.5. The van der Waals surface area contributed by atoms with E-state index < -0.39 is 0 Å². The van der Waals surface area contributed by atoms with Crippen molar-refractivity contribution in [2.45, 2.75) is 33.1 Å². The van der Waals surface area contributed by atoms with Crippen molar-refractivity contribution in [1.82, 2.24) is 5.32 Å². The van der Waals surface area contributed by atoms with Gasteiger partial charge in [0.25, 0.3) is 0 Å². The molecule has 0 radical (unpaired) electrons. The van der Waals surface area contributed by atoms with Gasteiger partial charge in [-0.1, -0.05) is 25.4 Å². The summed E-state index contributed by atoms with van der Waals surface area (Å²) in [6, 6.07) is 3.82. The summed E-state index contributed by atoms with van der Waals surface area (Å²) in [7, 11) is 0. The van der Waals surface area contributed by atoms with E-state index >= 15 is 0 Å². The van der Waals surface area contributed by atoms with Crippen molar-refractivity contribution in [3.05, 3.63) is 21.3 Å². The standard InChI is InChI=1S/C14H20ClNOS/c1-14(2,10-4-3-7-16-9-10)12(17)8-11-5-6-13(15)18-11/h5-6,10,16H,3-4,7-9H2,1-2H3.